The summed E-state index contributed by atoms with van der Waals surface area (Å²) in [6.45, 7) is 1.28. The van der Waals surface area contributed by atoms with Gasteiger partial charge in [0.05, 0.1) is 28.0 Å². The van der Waals surface area contributed by atoms with Crippen LogP contribution in [0.15, 0.2) is 79.0 Å². The molecule has 254 valence electrons. The molecule has 2 aromatic heterocycles. The molecule has 1 unspecified atom stereocenters. The Kier molecular flexibility index (Phi) is 9.27. The van der Waals surface area contributed by atoms with Crippen molar-refractivity contribution in [3.05, 3.63) is 90.1 Å². The number of carbonyl (C=O) groups is 4. The van der Waals surface area contributed by atoms with E-state index < -0.39 is 29.7 Å². The second kappa shape index (κ2) is 14.1. The van der Waals surface area contributed by atoms with Crippen molar-refractivity contribution in [1.82, 2.24) is 20.2 Å². The van der Waals surface area contributed by atoms with E-state index in [2.05, 4.69) is 64.1 Å². The van der Waals surface area contributed by atoms with Gasteiger partial charge < -0.3 is 15.0 Å². The minimum atomic E-state index is -0.987. The molecule has 0 spiro atoms. The summed E-state index contributed by atoms with van der Waals surface area (Å²) in [7, 11) is 3.96. The number of ether oxygens (including phenoxy) is 1. The Balaban J connectivity index is 0.864. The highest BCUT2D eigenvalue weighted by molar-refractivity contribution is 7.21. The molecule has 4 heterocycles. The van der Waals surface area contributed by atoms with E-state index in [1.807, 2.05) is 31.3 Å². The van der Waals surface area contributed by atoms with E-state index in [4.69, 9.17) is 9.72 Å². The number of hydrogen-bond acceptors (Lipinski definition) is 10. The fraction of sp³-hybridized carbons (Fsp3) is 0.263. The maximum absolute atomic E-state index is 13.0. The number of piperidine rings is 1. The third-order valence-electron chi connectivity index (χ3n) is 8.89. The molecule has 1 fully saturated rings. The monoisotopic (exact) mass is 688 g/mol. The predicted molar refractivity (Wildman–Crippen MR) is 194 cm³/mol. The van der Waals surface area contributed by atoms with Gasteiger partial charge in [-0.1, -0.05) is 24.3 Å². The highest BCUT2D eigenvalue weighted by atomic mass is 32.1. The standard InChI is InChI=1S/C38H36N6O5S/c1-43(2)33-16-10-25(22-40-33)23-6-8-24(9-7-23)36-41-30-14-11-26(20-32(30)50-36)39-18-4-3-5-19-49-27-12-13-28-29(21-27)38(48)44(37(28)47)31-15-17-34(45)42-35(31)46/h6-14,16,20-22,31,39H,3-5,15,17-19H2,1-2H3,(H,42,45,46). The van der Waals surface area contributed by atoms with Crippen LogP contribution in [-0.4, -0.2) is 71.8 Å². The molecule has 1 saturated heterocycles. The van der Waals surface area contributed by atoms with Gasteiger partial charge in [0.1, 0.15) is 22.6 Å². The van der Waals surface area contributed by atoms with E-state index in [0.29, 0.717) is 12.4 Å². The van der Waals surface area contributed by atoms with Crippen LogP contribution in [0.5, 0.6) is 5.75 Å². The van der Waals surface area contributed by atoms with E-state index in [0.717, 1.165) is 74.1 Å². The van der Waals surface area contributed by atoms with Gasteiger partial charge in [0.25, 0.3) is 11.8 Å². The van der Waals surface area contributed by atoms with Crippen LogP contribution in [0.1, 0.15) is 52.8 Å². The minimum Gasteiger partial charge on any atom is -0.494 e. The number of thiazole rings is 1. The van der Waals surface area contributed by atoms with Gasteiger partial charge in [-0.15, -0.1) is 11.3 Å². The molecule has 50 heavy (non-hydrogen) atoms. The molecule has 2 N–H and O–H groups in total. The summed E-state index contributed by atoms with van der Waals surface area (Å²) in [5, 5.41) is 6.70. The van der Waals surface area contributed by atoms with Gasteiger partial charge >= 0.3 is 0 Å². The summed E-state index contributed by atoms with van der Waals surface area (Å²) in [5.74, 6) is -0.679. The number of imide groups is 2. The number of rotatable bonds is 12. The van der Waals surface area contributed by atoms with E-state index in [1.54, 1.807) is 29.5 Å². The van der Waals surface area contributed by atoms with Crippen molar-refractivity contribution < 1.29 is 23.9 Å². The van der Waals surface area contributed by atoms with Gasteiger partial charge in [-0.3, -0.25) is 29.4 Å². The Morgan fingerprint density at radius 2 is 1.66 bits per heavy atom. The van der Waals surface area contributed by atoms with Crippen LogP contribution in [0, 0.1) is 0 Å². The first-order valence-electron chi connectivity index (χ1n) is 16.6. The Labute approximate surface area is 293 Å². The van der Waals surface area contributed by atoms with Crippen LogP contribution in [-0.2, 0) is 9.59 Å². The third kappa shape index (κ3) is 6.79. The van der Waals surface area contributed by atoms with E-state index >= 15 is 0 Å². The van der Waals surface area contributed by atoms with Crippen LogP contribution in [0.2, 0.25) is 0 Å². The highest BCUT2D eigenvalue weighted by Gasteiger charge is 2.44. The SMILES string of the molecule is CN(C)c1ccc(-c2ccc(-c3nc4ccc(NCCCCCOc5ccc6c(c5)C(=O)N(C5CCC(=O)NC5=O)C6=O)cc4s3)cc2)cn1. The lowest BCUT2D eigenvalue weighted by Crippen LogP contribution is -2.54. The lowest BCUT2D eigenvalue weighted by Gasteiger charge is -2.27. The molecule has 5 aromatic rings. The van der Waals surface area contributed by atoms with Crippen molar-refractivity contribution in [2.45, 2.75) is 38.1 Å². The number of nitrogens with one attached hydrogen (secondary N) is 2. The number of benzene rings is 3. The summed E-state index contributed by atoms with van der Waals surface area (Å²) in [5.41, 5.74) is 5.75. The average molecular weight is 689 g/mol. The number of anilines is 2. The zero-order valence-corrected chi connectivity index (χ0v) is 28.6. The number of amides is 4. The Morgan fingerprint density at radius 1 is 0.880 bits per heavy atom. The summed E-state index contributed by atoms with van der Waals surface area (Å²) in [6.07, 6.45) is 4.82. The van der Waals surface area contributed by atoms with Crippen LogP contribution < -0.4 is 20.3 Å². The molecule has 0 bridgehead atoms. The van der Waals surface area contributed by atoms with Crippen LogP contribution in [0.3, 0.4) is 0 Å². The fourth-order valence-corrected chi connectivity index (χ4v) is 7.16. The molecule has 0 radical (unpaired) electrons. The number of fused-ring (bicyclic) bond motifs is 2. The molecule has 11 nitrogen and oxygen atoms in total. The maximum Gasteiger partial charge on any atom is 0.262 e. The molecular weight excluding hydrogens is 653 g/mol. The highest BCUT2D eigenvalue weighted by Crippen LogP contribution is 2.34. The van der Waals surface area contributed by atoms with Gasteiger partial charge in [0, 0.05) is 50.1 Å². The largest absolute Gasteiger partial charge is 0.494 e. The third-order valence-corrected chi connectivity index (χ3v) is 9.96. The zero-order valence-electron chi connectivity index (χ0n) is 27.8. The summed E-state index contributed by atoms with van der Waals surface area (Å²) in [4.78, 5) is 62.0. The van der Waals surface area contributed by atoms with Crippen molar-refractivity contribution in [1.29, 1.82) is 0 Å². The molecule has 0 saturated carbocycles. The molecule has 12 heteroatoms. The van der Waals surface area contributed by atoms with Gasteiger partial charge in [0.15, 0.2) is 0 Å². The summed E-state index contributed by atoms with van der Waals surface area (Å²) >= 11 is 1.68. The number of nitrogens with zero attached hydrogens (tertiary/aromatic N) is 4. The molecule has 1 atom stereocenters. The number of aromatic nitrogens is 2. The number of hydrogen-bond donors (Lipinski definition) is 2. The predicted octanol–water partition coefficient (Wildman–Crippen LogP) is 6.15. The van der Waals surface area contributed by atoms with Gasteiger partial charge in [0.2, 0.25) is 11.8 Å². The first-order chi connectivity index (χ1) is 24.2. The zero-order chi connectivity index (χ0) is 34.8. The molecule has 2 aliphatic heterocycles. The first-order valence-corrected chi connectivity index (χ1v) is 17.4. The number of unbranched alkanes of at least 4 members (excludes halogenated alkanes) is 2. The second-order valence-electron chi connectivity index (χ2n) is 12.6. The lowest BCUT2D eigenvalue weighted by molar-refractivity contribution is -0.136. The van der Waals surface area contributed by atoms with Gasteiger partial charge in [-0.05, 0) is 79.8 Å². The van der Waals surface area contributed by atoms with Crippen molar-refractivity contribution in [3.8, 4) is 27.4 Å². The van der Waals surface area contributed by atoms with Crippen molar-refractivity contribution in [3.63, 3.8) is 0 Å². The topological polar surface area (TPSA) is 134 Å². The van der Waals surface area contributed by atoms with Crippen molar-refractivity contribution in [2.24, 2.45) is 0 Å². The van der Waals surface area contributed by atoms with Crippen LogP contribution in [0.4, 0.5) is 11.5 Å². The minimum absolute atomic E-state index is 0.0821. The quantitative estimate of drug-likeness (QED) is 0.117. The second-order valence-corrected chi connectivity index (χ2v) is 13.6. The van der Waals surface area contributed by atoms with Gasteiger partial charge in [-0.2, -0.15) is 0 Å². The Hall–Kier alpha value is -5.62. The first kappa shape index (κ1) is 32.9. The normalized spacial score (nSPS) is 15.7. The van der Waals surface area contributed by atoms with Gasteiger partial charge in [-0.25, -0.2) is 9.97 Å². The smallest absolute Gasteiger partial charge is 0.262 e. The van der Waals surface area contributed by atoms with Crippen molar-refractivity contribution in [2.75, 3.05) is 37.5 Å². The summed E-state index contributed by atoms with van der Waals surface area (Å²) in [6, 6.07) is 22.6. The lowest BCUT2D eigenvalue weighted by atomic mass is 10.0. The van der Waals surface area contributed by atoms with E-state index in [-0.39, 0.29) is 24.0 Å². The van der Waals surface area contributed by atoms with E-state index in [1.165, 1.54) is 0 Å². The number of carbonyl (C=O) groups excluding carboxylic acids is 4. The fourth-order valence-electron chi connectivity index (χ4n) is 6.15. The molecule has 3 aromatic carbocycles. The Morgan fingerprint density at radius 3 is 2.42 bits per heavy atom. The molecule has 4 amide bonds. The number of pyridine rings is 1. The molecule has 2 aliphatic rings. The summed E-state index contributed by atoms with van der Waals surface area (Å²) < 4.78 is 7.01. The molecular formula is C38H36N6O5S. The van der Waals surface area contributed by atoms with Crippen molar-refractivity contribution >= 4 is 56.7 Å². The Bertz CT molecular complexity index is 2090. The van der Waals surface area contributed by atoms with E-state index in [9.17, 15) is 19.2 Å². The van der Waals surface area contributed by atoms with Crippen LogP contribution in [0.25, 0.3) is 31.9 Å². The van der Waals surface area contributed by atoms with Crippen LogP contribution >= 0.6 is 11.3 Å². The maximum atomic E-state index is 13.0. The molecule has 7 rings (SSSR count). The molecule has 0 aliphatic carbocycles. The average Bonchev–Trinajstić information content (AvgIpc) is 3.65.